The van der Waals surface area contributed by atoms with Crippen molar-refractivity contribution in [2.45, 2.75) is 37.6 Å². The predicted molar refractivity (Wildman–Crippen MR) is 53.7 cm³/mol. The van der Waals surface area contributed by atoms with Gasteiger partial charge in [0.2, 0.25) is 0 Å². The van der Waals surface area contributed by atoms with Gasteiger partial charge in [-0.25, -0.2) is 9.59 Å². The Kier molecular flexibility index (Phi) is 3.06. The first kappa shape index (κ1) is 13.2. The summed E-state index contributed by atoms with van der Waals surface area (Å²) >= 11 is 0. The number of carboxylic acid groups (broad SMARTS) is 2. The normalized spacial score (nSPS) is 44.1. The van der Waals surface area contributed by atoms with Crippen LogP contribution in [0.3, 0.4) is 0 Å². The zero-order valence-electron chi connectivity index (χ0n) is 9.91. The first-order valence-corrected chi connectivity index (χ1v) is 5.37. The van der Waals surface area contributed by atoms with Crippen molar-refractivity contribution in [3.05, 3.63) is 0 Å². The molecule has 2 rings (SSSR count). The Morgan fingerprint density at radius 1 is 0.944 bits per heavy atom. The summed E-state index contributed by atoms with van der Waals surface area (Å²) in [6, 6.07) is 0. The van der Waals surface area contributed by atoms with Gasteiger partial charge >= 0.3 is 11.9 Å². The first-order chi connectivity index (χ1) is 8.27. The largest absolute Gasteiger partial charge is 0.477 e. The quantitative estimate of drug-likeness (QED) is 0.694. The maximum Gasteiger partial charge on any atom is 0.364 e. The van der Waals surface area contributed by atoms with E-state index in [4.69, 9.17) is 29.2 Å². The van der Waals surface area contributed by atoms with Crippen molar-refractivity contribution < 1.29 is 38.7 Å². The summed E-state index contributed by atoms with van der Waals surface area (Å²) in [5, 5.41) is 17.8. The van der Waals surface area contributed by atoms with E-state index in [1.165, 1.54) is 13.8 Å². The lowest BCUT2D eigenvalue weighted by molar-refractivity contribution is -0.213. The second-order valence-corrected chi connectivity index (χ2v) is 4.44. The molecule has 8 heteroatoms. The maximum absolute atomic E-state index is 10.9. The Bertz CT molecular complexity index is 346. The molecule has 0 radical (unpaired) electrons. The van der Waals surface area contributed by atoms with E-state index in [1.807, 2.05) is 0 Å². The second kappa shape index (κ2) is 4.16. The van der Waals surface area contributed by atoms with Crippen molar-refractivity contribution in [1.29, 1.82) is 0 Å². The fourth-order valence-electron chi connectivity index (χ4n) is 1.79. The van der Waals surface area contributed by atoms with Gasteiger partial charge in [-0.15, -0.1) is 0 Å². The number of hydrogen-bond donors (Lipinski definition) is 2. The Hall–Kier alpha value is -1.22. The number of hydrogen-bond acceptors (Lipinski definition) is 6. The van der Waals surface area contributed by atoms with Crippen LogP contribution in [-0.4, -0.2) is 59.1 Å². The van der Waals surface area contributed by atoms with Gasteiger partial charge in [-0.3, -0.25) is 0 Å². The minimum Gasteiger partial charge on any atom is -0.477 e. The summed E-state index contributed by atoms with van der Waals surface area (Å²) in [6.07, 6.45) is -1.35. The zero-order valence-corrected chi connectivity index (χ0v) is 9.91. The van der Waals surface area contributed by atoms with Crippen LogP contribution in [0.25, 0.3) is 0 Å². The van der Waals surface area contributed by atoms with Gasteiger partial charge in [0.15, 0.2) is 0 Å². The molecule has 0 aromatic carbocycles. The molecule has 0 bridgehead atoms. The molecule has 102 valence electrons. The van der Waals surface area contributed by atoms with Crippen molar-refractivity contribution in [2.24, 2.45) is 0 Å². The molecular weight excluding hydrogens is 248 g/mol. The average molecular weight is 262 g/mol. The maximum atomic E-state index is 10.9. The van der Waals surface area contributed by atoms with Crippen LogP contribution in [0.5, 0.6) is 0 Å². The minimum atomic E-state index is -1.73. The Morgan fingerprint density at radius 2 is 1.28 bits per heavy atom. The highest BCUT2D eigenvalue weighted by atomic mass is 16.8. The lowest BCUT2D eigenvalue weighted by Gasteiger charge is -2.21. The number of carbonyl (C=O) groups is 2. The molecule has 0 aliphatic carbocycles. The SMILES string of the molecule is CC1(C(=O)O)OCC(C2COC(C)(C(=O)O)O2)O1. The van der Waals surface area contributed by atoms with Crippen molar-refractivity contribution in [3.8, 4) is 0 Å². The number of rotatable bonds is 3. The highest BCUT2D eigenvalue weighted by Gasteiger charge is 2.52. The monoisotopic (exact) mass is 262 g/mol. The summed E-state index contributed by atoms with van der Waals surface area (Å²) in [6.45, 7) is 2.57. The number of carboxylic acids is 2. The summed E-state index contributed by atoms with van der Waals surface area (Å²) < 4.78 is 20.6. The fraction of sp³-hybridized carbons (Fsp3) is 0.800. The van der Waals surface area contributed by atoms with Crippen LogP contribution in [0.1, 0.15) is 13.8 Å². The Morgan fingerprint density at radius 3 is 1.50 bits per heavy atom. The van der Waals surface area contributed by atoms with Crippen LogP contribution in [0, 0.1) is 0 Å². The fourth-order valence-corrected chi connectivity index (χ4v) is 1.79. The Labute approximate surface area is 102 Å². The molecule has 2 N–H and O–H groups in total. The van der Waals surface area contributed by atoms with Crippen molar-refractivity contribution in [1.82, 2.24) is 0 Å². The molecule has 0 saturated carbocycles. The van der Waals surface area contributed by atoms with Crippen molar-refractivity contribution >= 4 is 11.9 Å². The topological polar surface area (TPSA) is 112 Å². The van der Waals surface area contributed by atoms with Gasteiger partial charge in [0.25, 0.3) is 11.6 Å². The van der Waals surface area contributed by atoms with Crippen LogP contribution in [0.15, 0.2) is 0 Å². The van der Waals surface area contributed by atoms with E-state index in [0.29, 0.717) is 0 Å². The lowest BCUT2D eigenvalue weighted by atomic mass is 10.2. The first-order valence-electron chi connectivity index (χ1n) is 5.37. The molecule has 2 aliphatic heterocycles. The summed E-state index contributed by atoms with van der Waals surface area (Å²) in [4.78, 5) is 21.8. The van der Waals surface area contributed by atoms with Gasteiger partial charge in [0.05, 0.1) is 13.2 Å². The zero-order chi connectivity index (χ0) is 13.6. The minimum absolute atomic E-state index is 0.00647. The Balaban J connectivity index is 2.00. The van der Waals surface area contributed by atoms with E-state index in [9.17, 15) is 9.59 Å². The van der Waals surface area contributed by atoms with E-state index in [0.717, 1.165) is 0 Å². The van der Waals surface area contributed by atoms with Crippen LogP contribution in [0.2, 0.25) is 0 Å². The molecule has 2 saturated heterocycles. The highest BCUT2D eigenvalue weighted by Crippen LogP contribution is 2.32. The smallest absolute Gasteiger partial charge is 0.364 e. The molecule has 4 unspecified atom stereocenters. The molecule has 2 aliphatic rings. The van der Waals surface area contributed by atoms with Crippen LogP contribution >= 0.6 is 0 Å². The van der Waals surface area contributed by atoms with Crippen molar-refractivity contribution in [3.63, 3.8) is 0 Å². The second-order valence-electron chi connectivity index (χ2n) is 4.44. The van der Waals surface area contributed by atoms with Gasteiger partial charge in [-0.05, 0) is 0 Å². The van der Waals surface area contributed by atoms with E-state index < -0.39 is 35.7 Å². The predicted octanol–water partition coefficient (Wildman–Crippen LogP) is -0.581. The average Bonchev–Trinajstić information content (AvgIpc) is 2.84. The molecule has 8 nitrogen and oxygen atoms in total. The molecule has 0 aromatic rings. The standard InChI is InChI=1S/C10H14O8/c1-9(7(11)12)15-3-5(17-9)6-4-16-10(2,18-6)8(13)14/h5-6H,3-4H2,1-2H3,(H,11,12)(H,13,14). The summed E-state index contributed by atoms with van der Waals surface area (Å²) in [7, 11) is 0. The van der Waals surface area contributed by atoms with Crippen molar-refractivity contribution in [2.75, 3.05) is 13.2 Å². The molecule has 0 amide bonds. The highest BCUT2D eigenvalue weighted by molar-refractivity contribution is 5.76. The van der Waals surface area contributed by atoms with Crippen LogP contribution < -0.4 is 0 Å². The van der Waals surface area contributed by atoms with Gasteiger partial charge in [-0.1, -0.05) is 0 Å². The molecule has 0 aromatic heterocycles. The summed E-state index contributed by atoms with van der Waals surface area (Å²) in [5.41, 5.74) is 0. The third-order valence-electron chi connectivity index (χ3n) is 2.99. The molecule has 2 heterocycles. The third kappa shape index (κ3) is 2.07. The van der Waals surface area contributed by atoms with E-state index in [2.05, 4.69) is 0 Å². The molecule has 2 fully saturated rings. The van der Waals surface area contributed by atoms with Gasteiger partial charge < -0.3 is 29.2 Å². The van der Waals surface area contributed by atoms with Crippen LogP contribution in [0.4, 0.5) is 0 Å². The lowest BCUT2D eigenvalue weighted by Crippen LogP contribution is -2.41. The van der Waals surface area contributed by atoms with E-state index in [1.54, 1.807) is 0 Å². The molecule has 4 atom stereocenters. The van der Waals surface area contributed by atoms with E-state index >= 15 is 0 Å². The molecule has 18 heavy (non-hydrogen) atoms. The summed E-state index contributed by atoms with van der Waals surface area (Å²) in [5.74, 6) is -5.94. The molecular formula is C10H14O8. The third-order valence-corrected chi connectivity index (χ3v) is 2.99. The number of ether oxygens (including phenoxy) is 4. The number of aliphatic carboxylic acids is 2. The van der Waals surface area contributed by atoms with E-state index in [-0.39, 0.29) is 13.2 Å². The van der Waals surface area contributed by atoms with Gasteiger partial charge in [0, 0.05) is 13.8 Å². The van der Waals surface area contributed by atoms with Crippen LogP contribution in [-0.2, 0) is 28.5 Å². The van der Waals surface area contributed by atoms with Gasteiger partial charge in [-0.2, -0.15) is 0 Å². The van der Waals surface area contributed by atoms with Gasteiger partial charge in [0.1, 0.15) is 12.2 Å². The molecule has 0 spiro atoms.